The number of hydrogen-bond donors (Lipinski definition) is 2. The highest BCUT2D eigenvalue weighted by atomic mass is 32.2. The average molecular weight is 527 g/mol. The van der Waals surface area contributed by atoms with E-state index in [0.29, 0.717) is 37.2 Å². The number of anilines is 1. The molecule has 0 spiro atoms. The molecule has 4 rings (SSSR count). The van der Waals surface area contributed by atoms with E-state index in [1.54, 1.807) is 13.1 Å². The zero-order valence-electron chi connectivity index (χ0n) is 21.6. The molecule has 0 fully saturated rings. The molecule has 1 aliphatic rings. The Bertz CT molecular complexity index is 1380. The van der Waals surface area contributed by atoms with E-state index in [4.69, 9.17) is 4.74 Å². The summed E-state index contributed by atoms with van der Waals surface area (Å²) in [5.41, 5.74) is 3.66. The Hall–Kier alpha value is -3.37. The summed E-state index contributed by atoms with van der Waals surface area (Å²) in [5, 5.41) is 6.93. The molecular formula is C27H34N4O5S. The highest BCUT2D eigenvalue weighted by molar-refractivity contribution is 7.92. The quantitative estimate of drug-likeness (QED) is 0.393. The van der Waals surface area contributed by atoms with Crippen LogP contribution in [-0.2, 0) is 32.5 Å². The van der Waals surface area contributed by atoms with Gasteiger partial charge in [0.15, 0.2) is 0 Å². The minimum Gasteiger partial charge on any atom is -0.461 e. The van der Waals surface area contributed by atoms with E-state index in [-0.39, 0.29) is 17.6 Å². The Morgan fingerprint density at radius 3 is 2.57 bits per heavy atom. The van der Waals surface area contributed by atoms with Crippen molar-refractivity contribution in [2.45, 2.75) is 44.9 Å². The Morgan fingerprint density at radius 1 is 1.19 bits per heavy atom. The van der Waals surface area contributed by atoms with Crippen LogP contribution >= 0.6 is 0 Å². The number of rotatable bonds is 10. The fraction of sp³-hybridized carbons (Fsp3) is 0.407. The predicted molar refractivity (Wildman–Crippen MR) is 144 cm³/mol. The molecule has 0 saturated carbocycles. The molecule has 1 aromatic heterocycles. The van der Waals surface area contributed by atoms with E-state index in [2.05, 4.69) is 24.5 Å². The second-order valence-corrected chi connectivity index (χ2v) is 11.8. The highest BCUT2D eigenvalue weighted by Crippen LogP contribution is 2.37. The van der Waals surface area contributed by atoms with Crippen LogP contribution in [0.3, 0.4) is 0 Å². The van der Waals surface area contributed by atoms with Gasteiger partial charge >= 0.3 is 0 Å². The van der Waals surface area contributed by atoms with Gasteiger partial charge in [0.2, 0.25) is 10.0 Å². The maximum atomic E-state index is 13.7. The van der Waals surface area contributed by atoms with E-state index in [0.717, 1.165) is 22.0 Å². The van der Waals surface area contributed by atoms with E-state index < -0.39 is 22.2 Å². The molecule has 1 amide bonds. The fourth-order valence-electron chi connectivity index (χ4n) is 4.90. The van der Waals surface area contributed by atoms with Gasteiger partial charge in [-0.1, -0.05) is 44.2 Å². The van der Waals surface area contributed by atoms with Gasteiger partial charge in [0.05, 0.1) is 23.0 Å². The maximum absolute atomic E-state index is 13.7. The second kappa shape index (κ2) is 10.9. The minimum absolute atomic E-state index is 0.0189. The van der Waals surface area contributed by atoms with Gasteiger partial charge in [-0.2, -0.15) is 0 Å². The molecular weight excluding hydrogens is 492 g/mol. The topological polar surface area (TPSA) is 110 Å². The third-order valence-electron chi connectivity index (χ3n) is 6.91. The summed E-state index contributed by atoms with van der Waals surface area (Å²) in [5.74, 6) is -0.204. The number of amides is 1. The highest BCUT2D eigenvalue weighted by Gasteiger charge is 2.30. The van der Waals surface area contributed by atoms with E-state index in [1.807, 2.05) is 47.2 Å². The Morgan fingerprint density at radius 2 is 1.92 bits per heavy atom. The van der Waals surface area contributed by atoms with Crippen molar-refractivity contribution in [3.63, 3.8) is 0 Å². The molecule has 1 aliphatic heterocycles. The largest absolute Gasteiger partial charge is 0.461 e. The summed E-state index contributed by atoms with van der Waals surface area (Å²) in [6.45, 7) is 5.24. The number of hydrogen-bond acceptors (Lipinski definition) is 6. The van der Waals surface area contributed by atoms with Crippen LogP contribution in [0, 0.1) is 0 Å². The third-order valence-corrected chi connectivity index (χ3v) is 8.64. The lowest BCUT2D eigenvalue weighted by Gasteiger charge is -2.27. The molecule has 0 saturated heterocycles. The number of aryl methyl sites for hydroxylation is 1. The molecule has 198 valence electrons. The predicted octanol–water partition coefficient (Wildman–Crippen LogP) is 2.65. The van der Waals surface area contributed by atoms with Crippen LogP contribution < -0.4 is 14.9 Å². The molecule has 2 atom stereocenters. The molecule has 0 bridgehead atoms. The van der Waals surface area contributed by atoms with Gasteiger partial charge in [0, 0.05) is 37.3 Å². The van der Waals surface area contributed by atoms with Gasteiger partial charge in [-0.25, -0.2) is 8.42 Å². The summed E-state index contributed by atoms with van der Waals surface area (Å²) < 4.78 is 34.4. The van der Waals surface area contributed by atoms with Crippen molar-refractivity contribution in [2.75, 3.05) is 30.7 Å². The molecule has 2 aromatic carbocycles. The third kappa shape index (κ3) is 5.50. The molecule has 3 aromatic rings. The molecule has 9 nitrogen and oxygen atoms in total. The lowest BCUT2D eigenvalue weighted by molar-refractivity contribution is -0.134. The normalized spacial score (nSPS) is 16.3. The first kappa shape index (κ1) is 26.7. The van der Waals surface area contributed by atoms with Crippen molar-refractivity contribution >= 4 is 39.0 Å². The average Bonchev–Trinajstić information content (AvgIpc) is 3.21. The summed E-state index contributed by atoms with van der Waals surface area (Å²) in [6.07, 6.45) is 1.84. The molecule has 0 aliphatic carbocycles. The Labute approximate surface area is 217 Å². The summed E-state index contributed by atoms with van der Waals surface area (Å²) >= 11 is 0. The van der Waals surface area contributed by atoms with Gasteiger partial charge in [0.25, 0.3) is 12.4 Å². The number of ether oxygens (including phenoxy) is 1. The lowest BCUT2D eigenvalue weighted by atomic mass is 9.98. The minimum atomic E-state index is -3.54. The zero-order chi connectivity index (χ0) is 26.7. The molecule has 0 unspecified atom stereocenters. The number of benzene rings is 2. The van der Waals surface area contributed by atoms with Crippen molar-refractivity contribution in [2.24, 2.45) is 0 Å². The summed E-state index contributed by atoms with van der Waals surface area (Å²) in [6, 6.07) is 12.6. The SMILES string of the molecule is CNC[C@@H](OC=O)[C@H](Cc1ccccc1)NC(=O)c1cc2c3c(c1)c(C(C)C)cn3CCS(=O)(=O)N2C. The number of carbonyl (C=O) groups is 2. The Kier molecular flexibility index (Phi) is 7.89. The number of sulfonamides is 1. The molecule has 10 heteroatoms. The van der Waals surface area contributed by atoms with Gasteiger partial charge in [-0.3, -0.25) is 13.9 Å². The summed E-state index contributed by atoms with van der Waals surface area (Å²) in [4.78, 5) is 24.9. The van der Waals surface area contributed by atoms with Crippen molar-refractivity contribution in [3.8, 4) is 0 Å². The van der Waals surface area contributed by atoms with Crippen LogP contribution in [0.4, 0.5) is 5.69 Å². The lowest BCUT2D eigenvalue weighted by Crippen LogP contribution is -2.49. The first-order valence-corrected chi connectivity index (χ1v) is 14.0. The van der Waals surface area contributed by atoms with Crippen molar-refractivity contribution in [1.29, 1.82) is 0 Å². The maximum Gasteiger partial charge on any atom is 0.293 e. The van der Waals surface area contributed by atoms with Crippen LogP contribution in [0.5, 0.6) is 0 Å². The Balaban J connectivity index is 1.77. The molecule has 2 heterocycles. The van der Waals surface area contributed by atoms with Gasteiger partial charge < -0.3 is 19.9 Å². The van der Waals surface area contributed by atoms with E-state index in [1.165, 1.54) is 11.4 Å². The van der Waals surface area contributed by atoms with Crippen LogP contribution in [0.2, 0.25) is 0 Å². The van der Waals surface area contributed by atoms with E-state index in [9.17, 15) is 18.0 Å². The monoisotopic (exact) mass is 526 g/mol. The van der Waals surface area contributed by atoms with Crippen molar-refractivity contribution in [1.82, 2.24) is 15.2 Å². The zero-order valence-corrected chi connectivity index (χ0v) is 22.4. The van der Waals surface area contributed by atoms with Crippen LogP contribution in [0.1, 0.15) is 41.3 Å². The van der Waals surface area contributed by atoms with Crippen molar-refractivity contribution < 1.29 is 22.7 Å². The standard InChI is InChI=1S/C27H34N4O5S/c1-18(2)22-16-31-10-11-37(34,35)30(4)24-14-20(13-21(22)26(24)31)27(33)29-23(25(15-28-3)36-17-32)12-19-8-6-5-7-9-19/h5-9,13-14,16-18,23,25,28H,10-12,15H2,1-4H3,(H,29,33)/t23-,25+/m0/s1. The smallest absolute Gasteiger partial charge is 0.293 e. The van der Waals surface area contributed by atoms with Crippen LogP contribution in [0.25, 0.3) is 10.9 Å². The first-order valence-electron chi connectivity index (χ1n) is 12.4. The molecule has 37 heavy (non-hydrogen) atoms. The van der Waals surface area contributed by atoms with E-state index >= 15 is 0 Å². The number of carbonyl (C=O) groups excluding carboxylic acids is 2. The summed E-state index contributed by atoms with van der Waals surface area (Å²) in [7, 11) is -0.257. The second-order valence-electron chi connectivity index (χ2n) is 9.71. The van der Waals surface area contributed by atoms with Crippen LogP contribution in [0.15, 0.2) is 48.7 Å². The van der Waals surface area contributed by atoms with Gasteiger partial charge in [0.1, 0.15) is 6.10 Å². The fourth-order valence-corrected chi connectivity index (χ4v) is 6.04. The van der Waals surface area contributed by atoms with Crippen LogP contribution in [-0.4, -0.2) is 63.9 Å². The number of nitrogens with zero attached hydrogens (tertiary/aromatic N) is 2. The number of aromatic nitrogens is 1. The number of nitrogens with one attached hydrogen (secondary N) is 2. The molecule has 0 radical (unpaired) electrons. The van der Waals surface area contributed by atoms with Gasteiger partial charge in [-0.05, 0) is 42.6 Å². The number of likely N-dealkylation sites (N-methyl/N-ethyl adjacent to an activating group) is 1. The van der Waals surface area contributed by atoms with Crippen molar-refractivity contribution in [3.05, 3.63) is 65.4 Å². The first-order chi connectivity index (χ1) is 17.7. The van der Waals surface area contributed by atoms with Gasteiger partial charge in [-0.15, -0.1) is 0 Å². The molecule has 2 N–H and O–H groups in total.